The van der Waals surface area contributed by atoms with Crippen molar-refractivity contribution in [2.45, 2.75) is 78.0 Å². The molecule has 0 saturated carbocycles. The normalized spacial score (nSPS) is 21.3. The number of carbonyl (C=O) groups is 2. The number of nitrogens with one attached hydrogen (secondary N) is 3. The molecule has 2 amide bonds. The van der Waals surface area contributed by atoms with Crippen LogP contribution in [0.4, 0.5) is 0 Å². The van der Waals surface area contributed by atoms with Gasteiger partial charge >= 0.3 is 0 Å². The van der Waals surface area contributed by atoms with Gasteiger partial charge in [-0.25, -0.2) is 0 Å². The predicted molar refractivity (Wildman–Crippen MR) is 114 cm³/mol. The molecular formula is C22H39N3O5. The van der Waals surface area contributed by atoms with Gasteiger partial charge in [-0.1, -0.05) is 13.8 Å². The van der Waals surface area contributed by atoms with Crippen LogP contribution in [-0.4, -0.2) is 62.3 Å². The Morgan fingerprint density at radius 2 is 1.77 bits per heavy atom. The van der Waals surface area contributed by atoms with E-state index in [0.29, 0.717) is 25.7 Å². The van der Waals surface area contributed by atoms with Gasteiger partial charge < -0.3 is 24.9 Å². The maximum Gasteiger partial charge on any atom is 0.246 e. The number of hydrogen-bond donors (Lipinski definition) is 3. The number of amides is 2. The minimum Gasteiger partial charge on any atom is -0.381 e. The maximum atomic E-state index is 12.6. The Bertz CT molecular complexity index is 544. The molecule has 0 aromatic heterocycles. The molecule has 2 saturated heterocycles. The van der Waals surface area contributed by atoms with Crippen molar-refractivity contribution in [2.75, 3.05) is 33.0 Å². The molecular weight excluding hydrogens is 386 g/mol. The topological polar surface area (TPSA) is 110 Å². The van der Waals surface area contributed by atoms with E-state index < -0.39 is 16.9 Å². The van der Waals surface area contributed by atoms with Crippen molar-refractivity contribution in [3.63, 3.8) is 0 Å². The summed E-state index contributed by atoms with van der Waals surface area (Å²) in [5, 5.41) is 14.0. The van der Waals surface area contributed by atoms with Gasteiger partial charge in [0, 0.05) is 30.9 Å². The van der Waals surface area contributed by atoms with E-state index in [4.69, 9.17) is 19.6 Å². The average molecular weight is 426 g/mol. The number of carbonyl (C=O) groups excluding carboxylic acids is 2. The quantitative estimate of drug-likeness (QED) is 0.464. The Kier molecular flexibility index (Phi) is 9.40. The van der Waals surface area contributed by atoms with E-state index in [-0.39, 0.29) is 24.3 Å². The molecule has 172 valence electrons. The van der Waals surface area contributed by atoms with Gasteiger partial charge in [-0.3, -0.25) is 14.9 Å². The SMILES string of the molecule is CC(C)(COC1CCCCO1)C(=N)CC(=O)NC(=O)C(C)(C)NCC1CCOCC1. The summed E-state index contributed by atoms with van der Waals surface area (Å²) in [6, 6.07) is 0. The molecule has 1 atom stereocenters. The Morgan fingerprint density at radius 1 is 1.07 bits per heavy atom. The molecule has 8 heteroatoms. The van der Waals surface area contributed by atoms with Crippen molar-refractivity contribution < 1.29 is 23.8 Å². The lowest BCUT2D eigenvalue weighted by Gasteiger charge is -2.30. The Balaban J connectivity index is 1.74. The maximum absolute atomic E-state index is 12.6. The summed E-state index contributed by atoms with van der Waals surface area (Å²) >= 11 is 0. The summed E-state index contributed by atoms with van der Waals surface area (Å²) < 4.78 is 16.7. The summed E-state index contributed by atoms with van der Waals surface area (Å²) in [6.45, 7) is 10.5. The summed E-state index contributed by atoms with van der Waals surface area (Å²) in [6.07, 6.45) is 4.56. The van der Waals surface area contributed by atoms with Crippen LogP contribution in [-0.2, 0) is 23.8 Å². The number of ether oxygens (including phenoxy) is 3. The zero-order valence-electron chi connectivity index (χ0n) is 19.0. The van der Waals surface area contributed by atoms with E-state index >= 15 is 0 Å². The Labute approximate surface area is 180 Å². The van der Waals surface area contributed by atoms with Crippen LogP contribution in [0.1, 0.15) is 66.2 Å². The van der Waals surface area contributed by atoms with Crippen LogP contribution in [0.15, 0.2) is 0 Å². The highest BCUT2D eigenvalue weighted by molar-refractivity contribution is 6.08. The summed E-state index contributed by atoms with van der Waals surface area (Å²) in [7, 11) is 0. The second-order valence-corrected chi connectivity index (χ2v) is 9.59. The summed E-state index contributed by atoms with van der Waals surface area (Å²) in [5.41, 5.74) is -1.25. The largest absolute Gasteiger partial charge is 0.381 e. The van der Waals surface area contributed by atoms with E-state index in [1.54, 1.807) is 13.8 Å². The van der Waals surface area contributed by atoms with Gasteiger partial charge in [0.05, 0.1) is 18.6 Å². The predicted octanol–water partition coefficient (Wildman–Crippen LogP) is 2.40. The lowest BCUT2D eigenvalue weighted by molar-refractivity contribution is -0.171. The molecule has 3 N–H and O–H groups in total. The van der Waals surface area contributed by atoms with Crippen molar-refractivity contribution in [3.8, 4) is 0 Å². The molecule has 0 aromatic carbocycles. The van der Waals surface area contributed by atoms with E-state index in [1.165, 1.54) is 0 Å². The molecule has 0 aliphatic carbocycles. The number of hydrogen-bond acceptors (Lipinski definition) is 7. The zero-order chi connectivity index (χ0) is 22.2. The fraction of sp³-hybridized carbons (Fsp3) is 0.864. The number of imide groups is 1. The number of rotatable bonds is 10. The highest BCUT2D eigenvalue weighted by atomic mass is 16.7. The van der Waals surface area contributed by atoms with E-state index in [1.807, 2.05) is 13.8 Å². The standard InChI is InChI=1S/C22H39N3O5/c1-21(2,15-30-19-7-5-6-10-29-19)17(23)13-18(26)25-20(27)22(3,4)24-14-16-8-11-28-12-9-16/h16,19,23-24H,5-15H2,1-4H3,(H,25,26,27). The summed E-state index contributed by atoms with van der Waals surface area (Å²) in [4.78, 5) is 25.0. The monoisotopic (exact) mass is 425 g/mol. The van der Waals surface area contributed by atoms with Crippen LogP contribution in [0.25, 0.3) is 0 Å². The van der Waals surface area contributed by atoms with Gasteiger partial charge in [-0.15, -0.1) is 0 Å². The Hall–Kier alpha value is -1.35. The zero-order valence-corrected chi connectivity index (χ0v) is 19.0. The first kappa shape index (κ1) is 24.9. The second-order valence-electron chi connectivity index (χ2n) is 9.59. The van der Waals surface area contributed by atoms with Gasteiger partial charge in [0.15, 0.2) is 6.29 Å². The lowest BCUT2D eigenvalue weighted by Crippen LogP contribution is -2.55. The molecule has 0 bridgehead atoms. The molecule has 2 heterocycles. The van der Waals surface area contributed by atoms with Crippen LogP contribution in [0.5, 0.6) is 0 Å². The third-order valence-electron chi connectivity index (χ3n) is 5.92. The molecule has 2 aliphatic rings. The van der Waals surface area contributed by atoms with Gasteiger partial charge in [-0.05, 0) is 58.4 Å². The minimum absolute atomic E-state index is 0.135. The molecule has 0 radical (unpaired) electrons. The first-order valence-electron chi connectivity index (χ1n) is 11.1. The first-order valence-corrected chi connectivity index (χ1v) is 11.1. The van der Waals surface area contributed by atoms with Crippen LogP contribution in [0.3, 0.4) is 0 Å². The van der Waals surface area contributed by atoms with E-state index in [0.717, 1.165) is 45.3 Å². The molecule has 30 heavy (non-hydrogen) atoms. The van der Waals surface area contributed by atoms with E-state index in [2.05, 4.69) is 10.6 Å². The molecule has 0 spiro atoms. The fourth-order valence-electron chi connectivity index (χ4n) is 3.39. The van der Waals surface area contributed by atoms with E-state index in [9.17, 15) is 9.59 Å². The lowest BCUT2D eigenvalue weighted by atomic mass is 9.86. The third-order valence-corrected chi connectivity index (χ3v) is 5.92. The minimum atomic E-state index is -0.868. The van der Waals surface area contributed by atoms with Crippen LogP contribution in [0.2, 0.25) is 0 Å². The van der Waals surface area contributed by atoms with Crippen molar-refractivity contribution in [1.29, 1.82) is 5.41 Å². The molecule has 2 aliphatic heterocycles. The van der Waals surface area contributed by atoms with Crippen LogP contribution >= 0.6 is 0 Å². The van der Waals surface area contributed by atoms with Crippen molar-refractivity contribution >= 4 is 17.5 Å². The molecule has 8 nitrogen and oxygen atoms in total. The first-order chi connectivity index (χ1) is 14.1. The van der Waals surface area contributed by atoms with Gasteiger partial charge in [0.25, 0.3) is 0 Å². The molecule has 2 rings (SSSR count). The fourth-order valence-corrected chi connectivity index (χ4v) is 3.39. The van der Waals surface area contributed by atoms with Gasteiger partial charge in [-0.2, -0.15) is 0 Å². The van der Waals surface area contributed by atoms with Crippen LogP contribution in [0, 0.1) is 16.7 Å². The molecule has 0 aromatic rings. The third kappa shape index (κ3) is 8.06. The molecule has 1 unspecified atom stereocenters. The van der Waals surface area contributed by atoms with Gasteiger partial charge in [0.2, 0.25) is 11.8 Å². The highest BCUT2D eigenvalue weighted by Gasteiger charge is 2.32. The summed E-state index contributed by atoms with van der Waals surface area (Å²) in [5.74, 6) is -0.367. The van der Waals surface area contributed by atoms with Crippen molar-refractivity contribution in [3.05, 3.63) is 0 Å². The molecule has 2 fully saturated rings. The average Bonchev–Trinajstić information content (AvgIpc) is 2.72. The Morgan fingerprint density at radius 3 is 2.40 bits per heavy atom. The van der Waals surface area contributed by atoms with Crippen molar-refractivity contribution in [1.82, 2.24) is 10.6 Å². The highest BCUT2D eigenvalue weighted by Crippen LogP contribution is 2.23. The van der Waals surface area contributed by atoms with Gasteiger partial charge in [0.1, 0.15) is 0 Å². The second kappa shape index (κ2) is 11.3. The smallest absolute Gasteiger partial charge is 0.246 e. The van der Waals surface area contributed by atoms with Crippen molar-refractivity contribution in [2.24, 2.45) is 11.3 Å². The van der Waals surface area contributed by atoms with Crippen LogP contribution < -0.4 is 10.6 Å².